The SMILES string of the molecule is N#Cc1ccc(N)c(O[C@H]2CCCN(C(=O)C(F)(F)F)C2)c1. The number of nitrogens with zero attached hydrogens (tertiary/aromatic N) is 2. The van der Waals surface area contributed by atoms with Crippen molar-refractivity contribution < 1.29 is 22.7 Å². The number of carbonyl (C=O) groups is 1. The molecular weight excluding hydrogens is 299 g/mol. The summed E-state index contributed by atoms with van der Waals surface area (Å²) in [5, 5.41) is 8.84. The van der Waals surface area contributed by atoms with Crippen LogP contribution in [0.15, 0.2) is 18.2 Å². The van der Waals surface area contributed by atoms with Gasteiger partial charge in [-0.15, -0.1) is 0 Å². The summed E-state index contributed by atoms with van der Waals surface area (Å²) in [6.45, 7) is -0.111. The van der Waals surface area contributed by atoms with Gasteiger partial charge in [0.2, 0.25) is 0 Å². The molecule has 1 amide bonds. The molecule has 8 heteroatoms. The van der Waals surface area contributed by atoms with Crippen molar-refractivity contribution in [3.63, 3.8) is 0 Å². The zero-order valence-corrected chi connectivity index (χ0v) is 11.6. The average Bonchev–Trinajstić information content (AvgIpc) is 2.48. The number of nitriles is 1. The molecule has 0 saturated carbocycles. The molecule has 0 unspecified atom stereocenters. The van der Waals surface area contributed by atoms with Crippen LogP contribution < -0.4 is 10.5 Å². The Morgan fingerprint density at radius 3 is 2.82 bits per heavy atom. The average molecular weight is 313 g/mol. The minimum atomic E-state index is -4.89. The van der Waals surface area contributed by atoms with Crippen molar-refractivity contribution in [2.24, 2.45) is 0 Å². The normalized spacial score (nSPS) is 18.6. The van der Waals surface area contributed by atoms with E-state index in [2.05, 4.69) is 0 Å². The molecule has 1 heterocycles. The van der Waals surface area contributed by atoms with E-state index in [0.29, 0.717) is 24.1 Å². The summed E-state index contributed by atoms with van der Waals surface area (Å²) in [4.78, 5) is 12.0. The molecule has 1 saturated heterocycles. The van der Waals surface area contributed by atoms with E-state index in [1.54, 1.807) is 0 Å². The summed E-state index contributed by atoms with van der Waals surface area (Å²) < 4.78 is 43.0. The van der Waals surface area contributed by atoms with Crippen LogP contribution in [0, 0.1) is 11.3 Å². The zero-order valence-electron chi connectivity index (χ0n) is 11.6. The van der Waals surface area contributed by atoms with Crippen molar-refractivity contribution in [3.8, 4) is 11.8 Å². The Morgan fingerprint density at radius 1 is 1.45 bits per heavy atom. The number of ether oxygens (including phenoxy) is 1. The van der Waals surface area contributed by atoms with E-state index < -0.39 is 18.2 Å². The highest BCUT2D eigenvalue weighted by Gasteiger charge is 2.43. The molecule has 0 bridgehead atoms. The third-order valence-electron chi connectivity index (χ3n) is 3.34. The number of carbonyl (C=O) groups excluding carboxylic acids is 1. The van der Waals surface area contributed by atoms with Gasteiger partial charge in [-0.2, -0.15) is 18.4 Å². The number of nitrogen functional groups attached to an aromatic ring is 1. The van der Waals surface area contributed by atoms with Crippen LogP contribution in [0.2, 0.25) is 0 Å². The van der Waals surface area contributed by atoms with Crippen LogP contribution >= 0.6 is 0 Å². The molecule has 5 nitrogen and oxygen atoms in total. The van der Waals surface area contributed by atoms with Gasteiger partial charge in [-0.05, 0) is 25.0 Å². The predicted octanol–water partition coefficient (Wildman–Crippen LogP) is 2.07. The van der Waals surface area contributed by atoms with E-state index in [1.807, 2.05) is 6.07 Å². The smallest absolute Gasteiger partial charge is 0.471 e. The van der Waals surface area contributed by atoms with E-state index in [0.717, 1.165) is 4.90 Å². The topological polar surface area (TPSA) is 79.4 Å². The Kier molecular flexibility index (Phi) is 4.45. The van der Waals surface area contributed by atoms with Crippen molar-refractivity contribution in [2.75, 3.05) is 18.8 Å². The van der Waals surface area contributed by atoms with Crippen molar-refractivity contribution in [3.05, 3.63) is 23.8 Å². The van der Waals surface area contributed by atoms with Crippen LogP contribution in [-0.2, 0) is 4.79 Å². The van der Waals surface area contributed by atoms with Crippen molar-refractivity contribution in [1.29, 1.82) is 5.26 Å². The quantitative estimate of drug-likeness (QED) is 0.848. The van der Waals surface area contributed by atoms with Gasteiger partial charge < -0.3 is 15.4 Å². The second kappa shape index (κ2) is 6.13. The monoisotopic (exact) mass is 313 g/mol. The molecular formula is C14H14F3N3O2. The summed E-state index contributed by atoms with van der Waals surface area (Å²) in [7, 11) is 0. The molecule has 118 valence electrons. The molecule has 0 aromatic heterocycles. The molecule has 1 fully saturated rings. The van der Waals surface area contributed by atoms with E-state index in [1.165, 1.54) is 18.2 Å². The maximum atomic E-state index is 12.5. The number of amides is 1. The lowest BCUT2D eigenvalue weighted by molar-refractivity contribution is -0.187. The summed E-state index contributed by atoms with van der Waals surface area (Å²) >= 11 is 0. The third-order valence-corrected chi connectivity index (χ3v) is 3.34. The molecule has 0 spiro atoms. The number of halogens is 3. The van der Waals surface area contributed by atoms with Gasteiger partial charge in [0.05, 0.1) is 23.9 Å². The molecule has 1 aliphatic heterocycles. The fraction of sp³-hybridized carbons (Fsp3) is 0.429. The molecule has 2 rings (SSSR count). The molecule has 1 aromatic carbocycles. The highest BCUT2D eigenvalue weighted by molar-refractivity contribution is 5.82. The molecule has 2 N–H and O–H groups in total. The molecule has 1 aromatic rings. The minimum Gasteiger partial charge on any atom is -0.486 e. The third kappa shape index (κ3) is 3.61. The van der Waals surface area contributed by atoms with Crippen molar-refractivity contribution in [2.45, 2.75) is 25.1 Å². The second-order valence-corrected chi connectivity index (χ2v) is 5.00. The molecule has 0 radical (unpaired) electrons. The number of rotatable bonds is 2. The van der Waals surface area contributed by atoms with Crippen LogP contribution in [0.25, 0.3) is 0 Å². The number of piperidine rings is 1. The highest BCUT2D eigenvalue weighted by Crippen LogP contribution is 2.27. The summed E-state index contributed by atoms with van der Waals surface area (Å²) in [6.07, 6.45) is -4.56. The second-order valence-electron chi connectivity index (χ2n) is 5.00. The van der Waals surface area contributed by atoms with Crippen molar-refractivity contribution >= 4 is 11.6 Å². The largest absolute Gasteiger partial charge is 0.486 e. The Labute approximate surface area is 125 Å². The van der Waals surface area contributed by atoms with Crippen molar-refractivity contribution in [1.82, 2.24) is 4.90 Å². The van der Waals surface area contributed by atoms with Gasteiger partial charge in [0.15, 0.2) is 0 Å². The van der Waals surface area contributed by atoms with E-state index >= 15 is 0 Å². The predicted molar refractivity (Wildman–Crippen MR) is 71.9 cm³/mol. The molecule has 1 aliphatic rings. The van der Waals surface area contributed by atoms with Crippen LogP contribution in [0.3, 0.4) is 0 Å². The van der Waals surface area contributed by atoms with Crippen LogP contribution in [-0.4, -0.2) is 36.2 Å². The van der Waals surface area contributed by atoms with Crippen LogP contribution in [0.5, 0.6) is 5.75 Å². The standard InChI is InChI=1S/C14H14F3N3O2/c15-14(16,17)13(21)20-5-1-2-10(8-20)22-12-6-9(7-18)3-4-11(12)19/h3-4,6,10H,1-2,5,8,19H2/t10-/m0/s1. The number of nitrogens with two attached hydrogens (primary N) is 1. The lowest BCUT2D eigenvalue weighted by atomic mass is 10.1. The summed E-state index contributed by atoms with van der Waals surface area (Å²) in [5.74, 6) is -1.62. The first kappa shape index (κ1) is 15.9. The fourth-order valence-corrected chi connectivity index (χ4v) is 2.28. The van der Waals surface area contributed by atoms with E-state index in [4.69, 9.17) is 15.7 Å². The van der Waals surface area contributed by atoms with Gasteiger partial charge >= 0.3 is 12.1 Å². The Morgan fingerprint density at radius 2 is 2.18 bits per heavy atom. The van der Waals surface area contributed by atoms with Gasteiger partial charge in [-0.1, -0.05) is 0 Å². The lowest BCUT2D eigenvalue weighted by Gasteiger charge is -2.33. The van der Waals surface area contributed by atoms with Gasteiger partial charge in [-0.3, -0.25) is 4.79 Å². The van der Waals surface area contributed by atoms with Crippen LogP contribution in [0.4, 0.5) is 18.9 Å². The Balaban J connectivity index is 2.08. The van der Waals surface area contributed by atoms with Crippen LogP contribution in [0.1, 0.15) is 18.4 Å². The summed E-state index contributed by atoms with van der Waals surface area (Å²) in [5.41, 5.74) is 6.36. The number of anilines is 1. The fourth-order valence-electron chi connectivity index (χ4n) is 2.28. The molecule has 22 heavy (non-hydrogen) atoms. The Bertz CT molecular complexity index is 610. The van der Waals surface area contributed by atoms with Gasteiger partial charge in [0.25, 0.3) is 0 Å². The van der Waals surface area contributed by atoms with E-state index in [-0.39, 0.29) is 18.8 Å². The lowest BCUT2D eigenvalue weighted by Crippen LogP contribution is -2.49. The first-order chi connectivity index (χ1) is 10.3. The number of likely N-dealkylation sites (tertiary alicyclic amines) is 1. The minimum absolute atomic E-state index is 0.0475. The number of hydrogen-bond donors (Lipinski definition) is 1. The zero-order chi connectivity index (χ0) is 16.3. The number of benzene rings is 1. The maximum absolute atomic E-state index is 12.5. The summed E-state index contributed by atoms with van der Waals surface area (Å²) in [6, 6.07) is 6.37. The van der Waals surface area contributed by atoms with Gasteiger partial charge in [0, 0.05) is 12.6 Å². The number of alkyl halides is 3. The Hall–Kier alpha value is -2.43. The van der Waals surface area contributed by atoms with E-state index in [9.17, 15) is 18.0 Å². The van der Waals surface area contributed by atoms with Gasteiger partial charge in [-0.25, -0.2) is 0 Å². The molecule has 1 atom stereocenters. The van der Waals surface area contributed by atoms with Gasteiger partial charge in [0.1, 0.15) is 11.9 Å². The first-order valence-electron chi connectivity index (χ1n) is 6.63. The molecule has 0 aliphatic carbocycles. The first-order valence-corrected chi connectivity index (χ1v) is 6.63. The number of hydrogen-bond acceptors (Lipinski definition) is 4. The highest BCUT2D eigenvalue weighted by atomic mass is 19.4. The maximum Gasteiger partial charge on any atom is 0.471 e.